The molecular formula is C20H32N6O6S2. The van der Waals surface area contributed by atoms with Gasteiger partial charge in [-0.15, -0.1) is 0 Å². The topological polar surface area (TPSA) is 156 Å². The lowest BCUT2D eigenvalue weighted by Crippen LogP contribution is -2.44. The van der Waals surface area contributed by atoms with E-state index in [-0.39, 0.29) is 43.0 Å². The Kier molecular flexibility index (Phi) is 8.03. The van der Waals surface area contributed by atoms with Crippen LogP contribution in [0.5, 0.6) is 0 Å². The molecule has 3 heterocycles. The number of anilines is 2. The van der Waals surface area contributed by atoms with Crippen molar-refractivity contribution in [1.29, 1.82) is 0 Å². The molecular weight excluding hydrogens is 484 g/mol. The second-order valence-electron chi connectivity index (χ2n) is 8.65. The number of nitrogens with one attached hydrogen (secondary N) is 2. The van der Waals surface area contributed by atoms with Gasteiger partial charge in [-0.2, -0.15) is 22.8 Å². The Morgan fingerprint density at radius 1 is 1.24 bits per heavy atom. The second kappa shape index (κ2) is 10.4. The number of nitrogens with zero attached hydrogens (tertiary/aromatic N) is 4. The normalized spacial score (nSPS) is 18.1. The average Bonchev–Trinajstić information content (AvgIpc) is 3.26. The number of aromatic nitrogens is 3. The molecule has 1 aliphatic rings. The molecule has 0 bridgehead atoms. The van der Waals surface area contributed by atoms with Crippen LogP contribution in [0.4, 0.5) is 11.8 Å². The first-order valence-electron chi connectivity index (χ1n) is 11.2. The van der Waals surface area contributed by atoms with E-state index < -0.39 is 31.2 Å². The number of carbonyl (C=O) groups is 1. The maximum atomic E-state index is 12.8. The third-order valence-electron chi connectivity index (χ3n) is 5.60. The minimum atomic E-state index is -4.18. The predicted octanol–water partition coefficient (Wildman–Crippen LogP) is 2.16. The number of aryl methyl sites for hydroxylation is 1. The molecule has 0 aliphatic carbocycles. The van der Waals surface area contributed by atoms with Crippen molar-refractivity contribution in [3.8, 4) is 0 Å². The predicted molar refractivity (Wildman–Crippen MR) is 127 cm³/mol. The van der Waals surface area contributed by atoms with Crippen LogP contribution in [0.2, 0.25) is 0 Å². The molecule has 1 aliphatic heterocycles. The second-order valence-corrected chi connectivity index (χ2v) is 12.7. The summed E-state index contributed by atoms with van der Waals surface area (Å²) in [5, 5.41) is 6.69. The van der Waals surface area contributed by atoms with E-state index in [0.717, 1.165) is 16.1 Å². The summed E-state index contributed by atoms with van der Waals surface area (Å²) in [6.07, 6.45) is 4.41. The lowest BCUT2D eigenvalue weighted by molar-refractivity contribution is 0.0974. The van der Waals surface area contributed by atoms with Crippen molar-refractivity contribution in [3.63, 3.8) is 0 Å². The first-order chi connectivity index (χ1) is 15.9. The van der Waals surface area contributed by atoms with E-state index in [9.17, 15) is 21.6 Å². The molecule has 12 nitrogen and oxygen atoms in total. The first-order valence-corrected chi connectivity index (χ1v) is 14.4. The number of carbonyl (C=O) groups excluding carboxylic acids is 1. The molecule has 1 saturated heterocycles. The Labute approximate surface area is 200 Å². The van der Waals surface area contributed by atoms with Crippen molar-refractivity contribution in [2.45, 2.75) is 64.7 Å². The molecule has 2 aromatic rings. The summed E-state index contributed by atoms with van der Waals surface area (Å²) < 4.78 is 60.4. The van der Waals surface area contributed by atoms with Crippen molar-refractivity contribution in [1.82, 2.24) is 23.8 Å². The van der Waals surface area contributed by atoms with Gasteiger partial charge in [0, 0.05) is 30.9 Å². The maximum absolute atomic E-state index is 12.8. The molecule has 2 N–H and O–H groups in total. The highest BCUT2D eigenvalue weighted by molar-refractivity contribution is 7.92. The molecule has 2 aromatic heterocycles. The number of rotatable bonds is 9. The summed E-state index contributed by atoms with van der Waals surface area (Å²) in [6, 6.07) is 0.157. The molecule has 0 saturated carbocycles. The van der Waals surface area contributed by atoms with Crippen LogP contribution >= 0.6 is 0 Å². The van der Waals surface area contributed by atoms with Crippen molar-refractivity contribution in [2.75, 3.05) is 24.2 Å². The van der Waals surface area contributed by atoms with E-state index in [1.54, 1.807) is 11.6 Å². The molecule has 1 unspecified atom stereocenters. The van der Waals surface area contributed by atoms with E-state index in [1.807, 2.05) is 31.7 Å². The quantitative estimate of drug-likeness (QED) is 0.510. The SMILES string of the molecule is CCCS(=O)(=O)C1CCCN(S(=O)(=O)NC(=O)c2coc(Nc3nn(C(C)C)cc3C)n2)CC1. The number of hydrogen-bond acceptors (Lipinski definition) is 9. The van der Waals surface area contributed by atoms with Gasteiger partial charge in [-0.3, -0.25) is 14.8 Å². The molecule has 14 heteroatoms. The van der Waals surface area contributed by atoms with Gasteiger partial charge in [0.25, 0.3) is 5.91 Å². The molecule has 1 atom stereocenters. The van der Waals surface area contributed by atoms with Crippen molar-refractivity contribution < 1.29 is 26.0 Å². The van der Waals surface area contributed by atoms with Gasteiger partial charge in [-0.1, -0.05) is 6.92 Å². The minimum absolute atomic E-state index is 0.00148. The molecule has 3 rings (SSSR count). The Morgan fingerprint density at radius 2 is 1.97 bits per heavy atom. The molecule has 34 heavy (non-hydrogen) atoms. The minimum Gasteiger partial charge on any atom is -0.431 e. The summed E-state index contributed by atoms with van der Waals surface area (Å²) in [6.45, 7) is 7.77. The van der Waals surface area contributed by atoms with E-state index in [2.05, 4.69) is 15.4 Å². The van der Waals surface area contributed by atoms with Gasteiger partial charge < -0.3 is 4.42 Å². The molecule has 1 fully saturated rings. The van der Waals surface area contributed by atoms with Crippen LogP contribution in [0.25, 0.3) is 0 Å². The zero-order valence-corrected chi connectivity index (χ0v) is 21.4. The summed E-state index contributed by atoms with van der Waals surface area (Å²) in [7, 11) is -7.44. The van der Waals surface area contributed by atoms with Crippen LogP contribution in [0, 0.1) is 6.92 Å². The smallest absolute Gasteiger partial charge is 0.304 e. The van der Waals surface area contributed by atoms with E-state index >= 15 is 0 Å². The van der Waals surface area contributed by atoms with Crippen LogP contribution < -0.4 is 10.0 Å². The fourth-order valence-electron chi connectivity index (χ4n) is 3.73. The van der Waals surface area contributed by atoms with Crippen molar-refractivity contribution >= 4 is 37.8 Å². The fourth-order valence-corrected chi connectivity index (χ4v) is 6.81. The third-order valence-corrected chi connectivity index (χ3v) is 9.55. The van der Waals surface area contributed by atoms with E-state index in [0.29, 0.717) is 25.1 Å². The summed E-state index contributed by atoms with van der Waals surface area (Å²) in [5.41, 5.74) is 0.631. The van der Waals surface area contributed by atoms with E-state index in [4.69, 9.17) is 4.42 Å². The first kappa shape index (κ1) is 26.2. The number of amides is 1. The molecule has 0 aromatic carbocycles. The zero-order chi connectivity index (χ0) is 25.1. The zero-order valence-electron chi connectivity index (χ0n) is 19.8. The fraction of sp³-hybridized carbons (Fsp3) is 0.650. The highest BCUT2D eigenvalue weighted by Gasteiger charge is 2.32. The average molecular weight is 517 g/mol. The van der Waals surface area contributed by atoms with E-state index in [1.165, 1.54) is 0 Å². The van der Waals surface area contributed by atoms with Gasteiger partial charge in [-0.05, 0) is 46.5 Å². The van der Waals surface area contributed by atoms with Gasteiger partial charge in [-0.25, -0.2) is 13.1 Å². The van der Waals surface area contributed by atoms with Crippen LogP contribution in [0.15, 0.2) is 16.9 Å². The summed E-state index contributed by atoms with van der Waals surface area (Å²) >= 11 is 0. The molecule has 190 valence electrons. The highest BCUT2D eigenvalue weighted by atomic mass is 32.2. The highest BCUT2D eigenvalue weighted by Crippen LogP contribution is 2.22. The van der Waals surface area contributed by atoms with Crippen molar-refractivity contribution in [2.24, 2.45) is 0 Å². The summed E-state index contributed by atoms with van der Waals surface area (Å²) in [4.78, 5) is 16.6. The number of oxazole rings is 1. The van der Waals surface area contributed by atoms with Gasteiger partial charge in [0.1, 0.15) is 6.26 Å². The lowest BCUT2D eigenvalue weighted by Gasteiger charge is -2.20. The van der Waals surface area contributed by atoms with Crippen LogP contribution in [0.1, 0.15) is 68.5 Å². The third kappa shape index (κ3) is 6.16. The molecule has 0 spiro atoms. The monoisotopic (exact) mass is 516 g/mol. The Hall–Kier alpha value is -2.45. The summed E-state index contributed by atoms with van der Waals surface area (Å²) in [5.74, 6) is -0.353. The standard InChI is InChI=1S/C20H32N6O6S2/c1-5-11-33(28,29)16-7-6-9-25(10-8-16)34(30,31)24-19(27)17-13-32-20(21-17)22-18-15(4)12-26(23-18)14(2)3/h12-14,16H,5-11H2,1-4H3,(H,24,27)(H,21,22,23). The van der Waals surface area contributed by atoms with Crippen molar-refractivity contribution in [3.05, 3.63) is 23.7 Å². The van der Waals surface area contributed by atoms with Crippen LogP contribution in [-0.4, -0.2) is 65.9 Å². The van der Waals surface area contributed by atoms with Crippen LogP contribution in [0.3, 0.4) is 0 Å². The molecule has 0 radical (unpaired) electrons. The Bertz CT molecular complexity index is 1220. The van der Waals surface area contributed by atoms with Gasteiger partial charge in [0.2, 0.25) is 0 Å². The van der Waals surface area contributed by atoms with Gasteiger partial charge in [0.05, 0.1) is 11.0 Å². The van der Waals surface area contributed by atoms with Gasteiger partial charge >= 0.3 is 16.2 Å². The van der Waals surface area contributed by atoms with Gasteiger partial charge in [0.15, 0.2) is 21.3 Å². The van der Waals surface area contributed by atoms with Crippen LogP contribution in [-0.2, 0) is 20.0 Å². The lowest BCUT2D eigenvalue weighted by atomic mass is 10.2. The number of sulfone groups is 1. The Balaban J connectivity index is 1.63. The number of hydrogen-bond donors (Lipinski definition) is 2. The molecule has 1 amide bonds. The largest absolute Gasteiger partial charge is 0.431 e. The Morgan fingerprint density at radius 3 is 2.62 bits per heavy atom. The maximum Gasteiger partial charge on any atom is 0.304 e.